The maximum atomic E-state index is 14.1. The molecule has 11 heteroatoms. The van der Waals surface area contributed by atoms with Gasteiger partial charge in [0.15, 0.2) is 0 Å². The number of aliphatic imine (C=N–C) groups is 1. The number of benzene rings is 1. The van der Waals surface area contributed by atoms with Crippen molar-refractivity contribution in [3.05, 3.63) is 62.5 Å². The zero-order valence-corrected chi connectivity index (χ0v) is 26.4. The van der Waals surface area contributed by atoms with Gasteiger partial charge in [-0.3, -0.25) is 4.98 Å². The van der Waals surface area contributed by atoms with Gasteiger partial charge in [-0.1, -0.05) is 44.2 Å². The first-order valence-electron chi connectivity index (χ1n) is 13.0. The number of pyridine rings is 1. The summed E-state index contributed by atoms with van der Waals surface area (Å²) >= 11 is 8.98. The van der Waals surface area contributed by atoms with Crippen LogP contribution in [0.25, 0.3) is 10.9 Å². The third-order valence-corrected chi connectivity index (χ3v) is 8.17. The lowest BCUT2D eigenvalue weighted by Gasteiger charge is -2.23. The molecule has 0 saturated heterocycles. The molecule has 2 N–H and O–H groups in total. The monoisotopic (exact) mass is 674 g/mol. The molecule has 0 amide bonds. The van der Waals surface area contributed by atoms with E-state index in [0.717, 1.165) is 16.5 Å². The molecule has 1 saturated carbocycles. The zero-order chi connectivity index (χ0) is 29.4. The number of anilines is 2. The second-order valence-electron chi connectivity index (χ2n) is 11.5. The molecular weight excluding hydrogens is 642 g/mol. The minimum Gasteiger partial charge on any atom is -0.383 e. The number of allylic oxidation sites excluding steroid dienone is 1. The summed E-state index contributed by atoms with van der Waals surface area (Å²) in [7, 11) is 0. The highest BCUT2D eigenvalue weighted by Crippen LogP contribution is 2.44. The number of nitriles is 1. The number of nitrogens with one attached hydrogen (secondary N) is 2. The number of aromatic nitrogens is 4. The Balaban J connectivity index is 1.83. The fraction of sp³-hybridized carbons (Fsp3) is 0.414. The van der Waals surface area contributed by atoms with Gasteiger partial charge in [0.2, 0.25) is 5.95 Å². The number of halogens is 3. The van der Waals surface area contributed by atoms with Crippen LogP contribution >= 0.6 is 34.2 Å². The van der Waals surface area contributed by atoms with E-state index in [-0.39, 0.29) is 11.0 Å². The van der Waals surface area contributed by atoms with E-state index in [1.165, 1.54) is 12.3 Å². The van der Waals surface area contributed by atoms with Gasteiger partial charge in [-0.25, -0.2) is 9.67 Å². The second kappa shape index (κ2) is 11.4. The van der Waals surface area contributed by atoms with Crippen molar-refractivity contribution in [1.82, 2.24) is 20.0 Å². The first-order chi connectivity index (χ1) is 18.8. The third-order valence-electron chi connectivity index (χ3n) is 6.88. The Kier molecular flexibility index (Phi) is 8.57. The number of nitrogens with zero attached hydrogens (tertiary/aromatic N) is 6. The molecule has 210 valence electrons. The second-order valence-corrected chi connectivity index (χ2v) is 12.9. The molecule has 1 atom stereocenters. The lowest BCUT2D eigenvalue weighted by Crippen LogP contribution is -2.21. The molecule has 2 heterocycles. The number of fused-ring (bicyclic) bond motifs is 1. The molecule has 0 bridgehead atoms. The van der Waals surface area contributed by atoms with Gasteiger partial charge >= 0.3 is 0 Å². The minimum atomic E-state index is -0.598. The highest BCUT2D eigenvalue weighted by Gasteiger charge is 2.43. The summed E-state index contributed by atoms with van der Waals surface area (Å²) < 4.78 is 16.9. The number of rotatable bonds is 9. The molecule has 1 aromatic carbocycles. The smallest absolute Gasteiger partial charge is 0.208 e. The van der Waals surface area contributed by atoms with E-state index < -0.39 is 12.0 Å². The first kappa shape index (κ1) is 29.9. The lowest BCUT2D eigenvalue weighted by molar-refractivity contribution is 0.443. The molecule has 1 aliphatic carbocycles. The largest absolute Gasteiger partial charge is 0.383 e. The van der Waals surface area contributed by atoms with E-state index in [2.05, 4.69) is 93.9 Å². The Labute approximate surface area is 252 Å². The summed E-state index contributed by atoms with van der Waals surface area (Å²) in [6.45, 7) is 16.7. The van der Waals surface area contributed by atoms with Gasteiger partial charge in [0.1, 0.15) is 15.5 Å². The van der Waals surface area contributed by atoms with Crippen LogP contribution in [0.2, 0.25) is 5.02 Å². The van der Waals surface area contributed by atoms with Gasteiger partial charge < -0.3 is 10.6 Å². The maximum Gasteiger partial charge on any atom is 0.208 e. The van der Waals surface area contributed by atoms with Crippen molar-refractivity contribution in [2.24, 2.45) is 10.4 Å². The molecule has 0 aliphatic heterocycles. The summed E-state index contributed by atoms with van der Waals surface area (Å²) in [6, 6.07) is 5.33. The predicted octanol–water partition coefficient (Wildman–Crippen LogP) is 7.92. The minimum absolute atomic E-state index is 0.0232. The third kappa shape index (κ3) is 6.31. The van der Waals surface area contributed by atoms with Gasteiger partial charge in [0.25, 0.3) is 0 Å². The van der Waals surface area contributed by atoms with Gasteiger partial charge in [-0.15, -0.1) is 5.10 Å². The van der Waals surface area contributed by atoms with Crippen LogP contribution in [0.4, 0.5) is 15.8 Å². The van der Waals surface area contributed by atoms with E-state index in [1.807, 2.05) is 10.7 Å². The van der Waals surface area contributed by atoms with Crippen molar-refractivity contribution in [3.63, 3.8) is 0 Å². The summed E-state index contributed by atoms with van der Waals surface area (Å²) in [4.78, 5) is 8.52. The molecule has 8 nitrogen and oxygen atoms in total. The number of hydrogen-bond donors (Lipinski definition) is 2. The summed E-state index contributed by atoms with van der Waals surface area (Å²) in [5.41, 5.74) is 3.84. The Bertz CT molecular complexity index is 1570. The van der Waals surface area contributed by atoms with Gasteiger partial charge in [-0.05, 0) is 85.4 Å². The summed E-state index contributed by atoms with van der Waals surface area (Å²) in [5, 5.41) is 26.8. The molecule has 40 heavy (non-hydrogen) atoms. The molecule has 1 aliphatic rings. The zero-order valence-electron chi connectivity index (χ0n) is 23.5. The van der Waals surface area contributed by atoms with Gasteiger partial charge in [-0.2, -0.15) is 9.65 Å². The Morgan fingerprint density at radius 2 is 2.10 bits per heavy atom. The van der Waals surface area contributed by atoms with Crippen molar-refractivity contribution in [2.45, 2.75) is 66.0 Å². The Morgan fingerprint density at radius 3 is 2.70 bits per heavy atom. The standard InChI is InChI=1S/C29H33ClFIN8/c1-8-22(31)36-17(3)16(2)23(26-27(32)40(39-38-26)29(7)9-10-29)37-19-11-20-24(35-15-28(4,5)6)18(13-33)14-34-25(20)21(30)12-19/h8,11-12,14,23,37H,2,9-10,15H2,1,3-7H3,(H,34,35)/b22-8-,36-17-/t23-/m0/s1. The van der Waals surface area contributed by atoms with E-state index in [9.17, 15) is 9.65 Å². The average Bonchev–Trinajstić information content (AvgIpc) is 3.52. The predicted molar refractivity (Wildman–Crippen MR) is 169 cm³/mol. The van der Waals surface area contributed by atoms with Crippen LogP contribution < -0.4 is 10.6 Å². The Morgan fingerprint density at radius 1 is 1.40 bits per heavy atom. The fourth-order valence-corrected chi connectivity index (χ4v) is 5.53. The topological polar surface area (TPSA) is 104 Å². The molecule has 2 aromatic heterocycles. The molecule has 0 unspecified atom stereocenters. The average molecular weight is 675 g/mol. The van der Waals surface area contributed by atoms with Crippen molar-refractivity contribution in [2.75, 3.05) is 17.2 Å². The van der Waals surface area contributed by atoms with Crippen LogP contribution in [-0.2, 0) is 5.54 Å². The maximum absolute atomic E-state index is 14.1. The molecule has 0 radical (unpaired) electrons. The van der Waals surface area contributed by atoms with Crippen LogP contribution in [0, 0.1) is 20.4 Å². The van der Waals surface area contributed by atoms with E-state index >= 15 is 0 Å². The SMILES string of the molecule is C=C(/C(C)=N\C(F)=C/C)[C@H](Nc1cc(Cl)c2ncc(C#N)c(NCC(C)(C)C)c2c1)c1nnn(C2(C)CC2)c1I. The first-order valence-corrected chi connectivity index (χ1v) is 14.4. The molecule has 1 fully saturated rings. The van der Waals surface area contributed by atoms with Crippen molar-refractivity contribution >= 4 is 62.2 Å². The Hall–Kier alpha value is -3.04. The normalized spacial score (nSPS) is 16.0. The summed E-state index contributed by atoms with van der Waals surface area (Å²) in [6.07, 6.45) is 4.88. The van der Waals surface area contributed by atoms with E-state index in [0.29, 0.717) is 56.4 Å². The molecule has 3 aromatic rings. The quantitative estimate of drug-likeness (QED) is 0.136. The van der Waals surface area contributed by atoms with Crippen LogP contribution in [0.1, 0.15) is 71.7 Å². The van der Waals surface area contributed by atoms with Crippen LogP contribution in [0.3, 0.4) is 0 Å². The van der Waals surface area contributed by atoms with Gasteiger partial charge in [0, 0.05) is 29.5 Å². The lowest BCUT2D eigenvalue weighted by atomic mass is 9.96. The number of hydrogen-bond acceptors (Lipinski definition) is 7. The van der Waals surface area contributed by atoms with Crippen LogP contribution in [0.5, 0.6) is 0 Å². The van der Waals surface area contributed by atoms with Crippen molar-refractivity contribution in [3.8, 4) is 6.07 Å². The van der Waals surface area contributed by atoms with Crippen molar-refractivity contribution < 1.29 is 4.39 Å². The van der Waals surface area contributed by atoms with E-state index in [1.54, 1.807) is 19.9 Å². The highest BCUT2D eigenvalue weighted by atomic mass is 127. The van der Waals surface area contributed by atoms with E-state index in [4.69, 9.17) is 11.6 Å². The fourth-order valence-electron chi connectivity index (χ4n) is 4.16. The van der Waals surface area contributed by atoms with Crippen LogP contribution in [0.15, 0.2) is 47.5 Å². The van der Waals surface area contributed by atoms with Crippen LogP contribution in [-0.4, -0.2) is 32.2 Å². The molecule has 4 rings (SSSR count). The molecule has 0 spiro atoms. The summed E-state index contributed by atoms with van der Waals surface area (Å²) in [5.74, 6) is -0.598. The highest BCUT2D eigenvalue weighted by molar-refractivity contribution is 14.1. The van der Waals surface area contributed by atoms with Crippen molar-refractivity contribution in [1.29, 1.82) is 5.26 Å². The van der Waals surface area contributed by atoms with Gasteiger partial charge in [0.05, 0.1) is 33.4 Å². The molecular formula is C29H33ClFIN8.